The SMILES string of the molecule is CC(C)NC(=O)NCc1ccc(C(=O)NCCC23CC4CC(CC(C4)C2)C3)cc1. The Balaban J connectivity index is 1.22. The molecule has 5 rings (SSSR count). The molecule has 4 saturated carbocycles. The van der Waals surface area contributed by atoms with Gasteiger partial charge in [0.25, 0.3) is 5.91 Å². The molecule has 4 aliphatic rings. The van der Waals surface area contributed by atoms with Gasteiger partial charge in [0.05, 0.1) is 0 Å². The molecule has 4 aliphatic carbocycles. The van der Waals surface area contributed by atoms with Gasteiger partial charge < -0.3 is 16.0 Å². The van der Waals surface area contributed by atoms with Crippen molar-refractivity contribution in [3.05, 3.63) is 35.4 Å². The van der Waals surface area contributed by atoms with Crippen LogP contribution in [-0.4, -0.2) is 24.5 Å². The number of urea groups is 1. The van der Waals surface area contributed by atoms with Gasteiger partial charge >= 0.3 is 6.03 Å². The summed E-state index contributed by atoms with van der Waals surface area (Å²) in [5.74, 6) is 2.88. The fourth-order valence-electron chi connectivity index (χ4n) is 6.41. The second kappa shape index (κ2) is 8.37. The van der Waals surface area contributed by atoms with E-state index in [9.17, 15) is 9.59 Å². The van der Waals surface area contributed by atoms with Crippen molar-refractivity contribution < 1.29 is 9.59 Å². The average molecular weight is 398 g/mol. The Bertz CT molecular complexity index is 706. The predicted octanol–water partition coefficient (Wildman–Crippen LogP) is 4.23. The van der Waals surface area contributed by atoms with E-state index < -0.39 is 0 Å². The predicted molar refractivity (Wildman–Crippen MR) is 115 cm³/mol. The summed E-state index contributed by atoms with van der Waals surface area (Å²) in [6.45, 7) is 5.09. The van der Waals surface area contributed by atoms with Crippen molar-refractivity contribution in [3.8, 4) is 0 Å². The zero-order valence-electron chi connectivity index (χ0n) is 17.8. The summed E-state index contributed by atoms with van der Waals surface area (Å²) in [4.78, 5) is 24.2. The third-order valence-corrected chi connectivity index (χ3v) is 7.19. The molecule has 3 amide bonds. The Hall–Kier alpha value is -2.04. The molecule has 1 aromatic carbocycles. The monoisotopic (exact) mass is 397 g/mol. The number of carbonyl (C=O) groups is 2. The fraction of sp³-hybridized carbons (Fsp3) is 0.667. The van der Waals surface area contributed by atoms with Crippen molar-refractivity contribution in [2.45, 2.75) is 71.4 Å². The standard InChI is InChI=1S/C24H35N3O2/c1-16(2)27-23(29)26-15-17-3-5-21(6-4-17)22(28)25-8-7-24-12-18-9-19(13-24)11-20(10-18)14-24/h3-6,16,18-20H,7-15H2,1-2H3,(H,25,28)(H2,26,27,29). The molecule has 0 radical (unpaired) electrons. The number of amides is 3. The van der Waals surface area contributed by atoms with E-state index in [1.54, 1.807) is 0 Å². The zero-order chi connectivity index (χ0) is 20.4. The number of hydrogen-bond acceptors (Lipinski definition) is 2. The number of rotatable bonds is 7. The first-order chi connectivity index (χ1) is 13.9. The molecule has 0 aromatic heterocycles. The van der Waals surface area contributed by atoms with Gasteiger partial charge in [-0.3, -0.25) is 4.79 Å². The lowest BCUT2D eigenvalue weighted by Gasteiger charge is -2.57. The fourth-order valence-corrected chi connectivity index (χ4v) is 6.41. The summed E-state index contributed by atoms with van der Waals surface area (Å²) in [5, 5.41) is 8.77. The number of carbonyl (C=O) groups excluding carboxylic acids is 2. The molecule has 1 aromatic rings. The zero-order valence-corrected chi connectivity index (χ0v) is 17.8. The maximum atomic E-state index is 12.5. The van der Waals surface area contributed by atoms with Crippen LogP contribution < -0.4 is 16.0 Å². The number of nitrogens with one attached hydrogen (secondary N) is 3. The highest BCUT2D eigenvalue weighted by molar-refractivity contribution is 5.94. The molecular weight excluding hydrogens is 362 g/mol. The maximum absolute atomic E-state index is 12.5. The molecule has 0 spiro atoms. The lowest BCUT2D eigenvalue weighted by Crippen LogP contribution is -2.47. The van der Waals surface area contributed by atoms with Crippen LogP contribution in [0.5, 0.6) is 0 Å². The van der Waals surface area contributed by atoms with Crippen LogP contribution in [0.3, 0.4) is 0 Å². The third kappa shape index (κ3) is 4.93. The van der Waals surface area contributed by atoms with Crippen molar-refractivity contribution in [2.24, 2.45) is 23.2 Å². The molecule has 158 valence electrons. The first kappa shape index (κ1) is 20.2. The molecule has 29 heavy (non-hydrogen) atoms. The van der Waals surface area contributed by atoms with E-state index in [0.717, 1.165) is 36.3 Å². The highest BCUT2D eigenvalue weighted by atomic mass is 16.2. The van der Waals surface area contributed by atoms with Crippen molar-refractivity contribution in [3.63, 3.8) is 0 Å². The molecule has 0 atom stereocenters. The van der Waals surface area contributed by atoms with Gasteiger partial charge in [-0.1, -0.05) is 12.1 Å². The smallest absolute Gasteiger partial charge is 0.315 e. The van der Waals surface area contributed by atoms with Crippen molar-refractivity contribution in [1.82, 2.24) is 16.0 Å². The number of benzene rings is 1. The van der Waals surface area contributed by atoms with Crippen LogP contribution in [0.15, 0.2) is 24.3 Å². The third-order valence-electron chi connectivity index (χ3n) is 7.19. The van der Waals surface area contributed by atoms with Crippen LogP contribution in [-0.2, 0) is 6.54 Å². The van der Waals surface area contributed by atoms with Gasteiger partial charge in [0.2, 0.25) is 0 Å². The molecule has 5 heteroatoms. The highest BCUT2D eigenvalue weighted by Crippen LogP contribution is 2.61. The van der Waals surface area contributed by atoms with Crippen LogP contribution in [0, 0.1) is 23.2 Å². The minimum atomic E-state index is -0.175. The summed E-state index contributed by atoms with van der Waals surface area (Å²) in [5.41, 5.74) is 2.17. The average Bonchev–Trinajstić information content (AvgIpc) is 2.65. The summed E-state index contributed by atoms with van der Waals surface area (Å²) in [6, 6.07) is 7.44. The van der Waals surface area contributed by atoms with Crippen LogP contribution in [0.25, 0.3) is 0 Å². The molecule has 0 unspecified atom stereocenters. The van der Waals surface area contributed by atoms with E-state index in [4.69, 9.17) is 0 Å². The topological polar surface area (TPSA) is 70.2 Å². The molecule has 0 heterocycles. The minimum Gasteiger partial charge on any atom is -0.352 e. The molecule has 4 fully saturated rings. The van der Waals surface area contributed by atoms with Crippen LogP contribution in [0.4, 0.5) is 4.79 Å². The van der Waals surface area contributed by atoms with Crippen molar-refractivity contribution in [2.75, 3.05) is 6.54 Å². The molecular formula is C24H35N3O2. The van der Waals surface area contributed by atoms with E-state index >= 15 is 0 Å². The maximum Gasteiger partial charge on any atom is 0.315 e. The normalized spacial score (nSPS) is 29.7. The Kier molecular flexibility index (Phi) is 5.84. The Labute approximate surface area is 174 Å². The Morgan fingerprint density at radius 2 is 1.55 bits per heavy atom. The summed E-state index contributed by atoms with van der Waals surface area (Å²) < 4.78 is 0. The van der Waals surface area contributed by atoms with Crippen LogP contribution in [0.2, 0.25) is 0 Å². The molecule has 3 N–H and O–H groups in total. The van der Waals surface area contributed by atoms with Gasteiger partial charge in [-0.25, -0.2) is 4.79 Å². The van der Waals surface area contributed by atoms with Crippen LogP contribution in [0.1, 0.15) is 74.7 Å². The molecule has 4 bridgehead atoms. The highest BCUT2D eigenvalue weighted by Gasteiger charge is 2.50. The molecule has 5 nitrogen and oxygen atoms in total. The largest absolute Gasteiger partial charge is 0.352 e. The summed E-state index contributed by atoms with van der Waals surface area (Å²) in [7, 11) is 0. The van der Waals surface area contributed by atoms with E-state index in [-0.39, 0.29) is 18.0 Å². The second-order valence-corrected chi connectivity index (χ2v) is 10.1. The lowest BCUT2D eigenvalue weighted by molar-refractivity contribution is -0.0564. The quantitative estimate of drug-likeness (QED) is 0.644. The van der Waals surface area contributed by atoms with Gasteiger partial charge in [0, 0.05) is 24.7 Å². The van der Waals surface area contributed by atoms with Crippen molar-refractivity contribution in [1.29, 1.82) is 0 Å². The van der Waals surface area contributed by atoms with Gasteiger partial charge in [-0.2, -0.15) is 0 Å². The Morgan fingerprint density at radius 3 is 2.10 bits per heavy atom. The van der Waals surface area contributed by atoms with E-state index in [1.165, 1.54) is 38.5 Å². The Morgan fingerprint density at radius 1 is 0.966 bits per heavy atom. The van der Waals surface area contributed by atoms with Gasteiger partial charge in [0.1, 0.15) is 0 Å². The second-order valence-electron chi connectivity index (χ2n) is 10.1. The van der Waals surface area contributed by atoms with Crippen molar-refractivity contribution >= 4 is 11.9 Å². The molecule has 0 aliphatic heterocycles. The minimum absolute atomic E-state index is 0.00629. The van der Waals surface area contributed by atoms with Gasteiger partial charge in [-0.15, -0.1) is 0 Å². The van der Waals surface area contributed by atoms with E-state index in [1.807, 2.05) is 38.1 Å². The van der Waals surface area contributed by atoms with Crippen LogP contribution >= 0.6 is 0 Å². The molecule has 0 saturated heterocycles. The van der Waals surface area contributed by atoms with E-state index in [2.05, 4.69) is 16.0 Å². The van der Waals surface area contributed by atoms with Gasteiger partial charge in [0.15, 0.2) is 0 Å². The first-order valence-corrected chi connectivity index (χ1v) is 11.3. The summed E-state index contributed by atoms with van der Waals surface area (Å²) >= 11 is 0. The first-order valence-electron chi connectivity index (χ1n) is 11.3. The van der Waals surface area contributed by atoms with E-state index in [0.29, 0.717) is 17.5 Å². The van der Waals surface area contributed by atoms with Gasteiger partial charge in [-0.05, 0) is 99.7 Å². The lowest BCUT2D eigenvalue weighted by atomic mass is 9.49. The summed E-state index contributed by atoms with van der Waals surface area (Å²) in [6.07, 6.45) is 9.70. The number of hydrogen-bond donors (Lipinski definition) is 3.